The molecule has 1 aliphatic rings. The number of nitrogens with one attached hydrogen (secondary N) is 1. The summed E-state index contributed by atoms with van der Waals surface area (Å²) in [5.41, 5.74) is 1.19. The van der Waals surface area contributed by atoms with Crippen molar-refractivity contribution in [3.63, 3.8) is 0 Å². The summed E-state index contributed by atoms with van der Waals surface area (Å²) in [5, 5.41) is 13.3. The highest BCUT2D eigenvalue weighted by atomic mass is 16.3. The molecule has 2 N–H and O–H groups in total. The predicted molar refractivity (Wildman–Crippen MR) is 75.4 cm³/mol. The Bertz CT molecular complexity index is 351. The van der Waals surface area contributed by atoms with E-state index in [0.717, 1.165) is 5.92 Å². The number of aliphatic hydroxyl groups excluding tert-OH is 1. The number of hydrogen-bond donors (Lipinski definition) is 2. The first-order valence-corrected chi connectivity index (χ1v) is 7.14. The summed E-state index contributed by atoms with van der Waals surface area (Å²) < 4.78 is 0. The fourth-order valence-electron chi connectivity index (χ4n) is 3.02. The van der Waals surface area contributed by atoms with E-state index in [0.29, 0.717) is 12.0 Å². The Hall–Kier alpha value is -0.860. The molecule has 18 heavy (non-hydrogen) atoms. The van der Waals surface area contributed by atoms with Gasteiger partial charge < -0.3 is 10.4 Å². The van der Waals surface area contributed by atoms with Crippen molar-refractivity contribution < 1.29 is 5.11 Å². The van der Waals surface area contributed by atoms with Crippen molar-refractivity contribution in [2.75, 3.05) is 6.61 Å². The van der Waals surface area contributed by atoms with Gasteiger partial charge in [0.25, 0.3) is 0 Å². The van der Waals surface area contributed by atoms with Crippen LogP contribution in [-0.4, -0.2) is 17.8 Å². The topological polar surface area (TPSA) is 32.3 Å². The van der Waals surface area contributed by atoms with Crippen molar-refractivity contribution >= 4 is 0 Å². The molecule has 2 rings (SSSR count). The maximum atomic E-state index is 9.60. The van der Waals surface area contributed by atoms with Gasteiger partial charge in [-0.3, -0.25) is 0 Å². The fraction of sp³-hybridized carbons (Fsp3) is 0.625. The normalized spacial score (nSPS) is 30.1. The summed E-state index contributed by atoms with van der Waals surface area (Å²) in [6.07, 6.45) is 3.87. The molecule has 0 heterocycles. The van der Waals surface area contributed by atoms with Crippen LogP contribution in [0.5, 0.6) is 0 Å². The van der Waals surface area contributed by atoms with E-state index in [1.54, 1.807) is 0 Å². The summed E-state index contributed by atoms with van der Waals surface area (Å²) >= 11 is 0. The summed E-state index contributed by atoms with van der Waals surface area (Å²) in [6.45, 7) is 4.84. The van der Waals surface area contributed by atoms with Crippen molar-refractivity contribution in [2.45, 2.75) is 45.2 Å². The van der Waals surface area contributed by atoms with Crippen LogP contribution in [0, 0.1) is 11.8 Å². The monoisotopic (exact) mass is 247 g/mol. The van der Waals surface area contributed by atoms with Crippen LogP contribution in [-0.2, 0) is 0 Å². The molecule has 1 aliphatic carbocycles. The Morgan fingerprint density at radius 3 is 2.61 bits per heavy atom. The van der Waals surface area contributed by atoms with Crippen LogP contribution in [0.1, 0.15) is 44.7 Å². The average molecular weight is 247 g/mol. The van der Waals surface area contributed by atoms with Gasteiger partial charge in [0.15, 0.2) is 0 Å². The molecule has 1 aromatic rings. The van der Waals surface area contributed by atoms with E-state index in [9.17, 15) is 5.11 Å². The van der Waals surface area contributed by atoms with Crippen LogP contribution in [0.25, 0.3) is 0 Å². The molecule has 100 valence electrons. The molecule has 0 amide bonds. The van der Waals surface area contributed by atoms with Crippen LogP contribution < -0.4 is 5.32 Å². The molecular weight excluding hydrogens is 222 g/mol. The van der Waals surface area contributed by atoms with Gasteiger partial charge in [-0.25, -0.2) is 0 Å². The van der Waals surface area contributed by atoms with E-state index in [1.165, 1.54) is 24.8 Å². The van der Waals surface area contributed by atoms with Gasteiger partial charge in [0.1, 0.15) is 0 Å². The first-order valence-electron chi connectivity index (χ1n) is 7.14. The second-order valence-corrected chi connectivity index (χ2v) is 5.69. The molecule has 1 fully saturated rings. The minimum absolute atomic E-state index is 0.0731. The zero-order valence-corrected chi connectivity index (χ0v) is 11.5. The van der Waals surface area contributed by atoms with Crippen molar-refractivity contribution in [2.24, 2.45) is 11.8 Å². The van der Waals surface area contributed by atoms with Crippen LogP contribution in [0.2, 0.25) is 0 Å². The molecule has 2 heteroatoms. The van der Waals surface area contributed by atoms with Gasteiger partial charge in [-0.15, -0.1) is 0 Å². The molecule has 1 saturated carbocycles. The maximum Gasteiger partial charge on any atom is 0.0626 e. The summed E-state index contributed by atoms with van der Waals surface area (Å²) in [6, 6.07) is 10.9. The summed E-state index contributed by atoms with van der Waals surface area (Å²) in [7, 11) is 0. The number of aliphatic hydroxyl groups is 1. The van der Waals surface area contributed by atoms with Gasteiger partial charge in [-0.2, -0.15) is 0 Å². The summed E-state index contributed by atoms with van der Waals surface area (Å²) in [5.74, 6) is 1.47. The molecule has 4 atom stereocenters. The minimum Gasteiger partial charge on any atom is -0.394 e. The SMILES string of the molecule is CC1CCCC(N[C@H](CO)c2ccccc2)C1C. The standard InChI is InChI=1S/C16H25NO/c1-12-7-6-10-15(13(12)2)17-16(11-18)14-8-4-3-5-9-14/h3-5,8-9,12-13,15-18H,6-7,10-11H2,1-2H3/t12?,13?,15?,16-/m1/s1. The van der Waals surface area contributed by atoms with E-state index >= 15 is 0 Å². The molecule has 0 bridgehead atoms. The molecule has 1 aromatic carbocycles. The Morgan fingerprint density at radius 2 is 1.94 bits per heavy atom. The molecule has 0 aliphatic heterocycles. The third-order valence-electron chi connectivity index (χ3n) is 4.51. The molecule has 0 radical (unpaired) electrons. The maximum absolute atomic E-state index is 9.60. The Labute approximate surface area is 110 Å². The van der Waals surface area contributed by atoms with Crippen LogP contribution in [0.15, 0.2) is 30.3 Å². The minimum atomic E-state index is 0.0731. The third-order valence-corrected chi connectivity index (χ3v) is 4.51. The molecule has 2 nitrogen and oxygen atoms in total. The van der Waals surface area contributed by atoms with Gasteiger partial charge in [0, 0.05) is 6.04 Å². The van der Waals surface area contributed by atoms with E-state index in [4.69, 9.17) is 0 Å². The second-order valence-electron chi connectivity index (χ2n) is 5.69. The first kappa shape index (κ1) is 13.6. The Kier molecular flexibility index (Phi) is 4.79. The zero-order valence-electron chi connectivity index (χ0n) is 11.5. The third kappa shape index (κ3) is 3.12. The second kappa shape index (κ2) is 6.35. The summed E-state index contributed by atoms with van der Waals surface area (Å²) in [4.78, 5) is 0. The zero-order chi connectivity index (χ0) is 13.0. The highest BCUT2D eigenvalue weighted by Crippen LogP contribution is 2.31. The lowest BCUT2D eigenvalue weighted by atomic mass is 9.77. The van der Waals surface area contributed by atoms with Crippen molar-refractivity contribution in [3.05, 3.63) is 35.9 Å². The molecule has 0 spiro atoms. The van der Waals surface area contributed by atoms with Gasteiger partial charge in [0.2, 0.25) is 0 Å². The molecule has 0 aromatic heterocycles. The lowest BCUT2D eigenvalue weighted by molar-refractivity contribution is 0.165. The Morgan fingerprint density at radius 1 is 1.22 bits per heavy atom. The average Bonchev–Trinajstić information content (AvgIpc) is 2.41. The van der Waals surface area contributed by atoms with Crippen LogP contribution >= 0.6 is 0 Å². The Balaban J connectivity index is 2.02. The fourth-order valence-corrected chi connectivity index (χ4v) is 3.02. The highest BCUT2D eigenvalue weighted by Gasteiger charge is 2.28. The van der Waals surface area contributed by atoms with Crippen molar-refractivity contribution in [3.8, 4) is 0 Å². The van der Waals surface area contributed by atoms with Gasteiger partial charge in [-0.1, -0.05) is 57.0 Å². The lowest BCUT2D eigenvalue weighted by Crippen LogP contribution is -2.43. The number of hydrogen-bond acceptors (Lipinski definition) is 2. The van der Waals surface area contributed by atoms with E-state index in [2.05, 4.69) is 31.3 Å². The van der Waals surface area contributed by atoms with Gasteiger partial charge in [0.05, 0.1) is 12.6 Å². The molecular formula is C16H25NO. The van der Waals surface area contributed by atoms with Crippen LogP contribution in [0.3, 0.4) is 0 Å². The van der Waals surface area contributed by atoms with Gasteiger partial charge in [-0.05, 0) is 23.8 Å². The van der Waals surface area contributed by atoms with E-state index < -0.39 is 0 Å². The molecule has 0 saturated heterocycles. The van der Waals surface area contributed by atoms with Gasteiger partial charge >= 0.3 is 0 Å². The first-order chi connectivity index (χ1) is 8.72. The predicted octanol–water partition coefficient (Wildman–Crippen LogP) is 3.13. The quantitative estimate of drug-likeness (QED) is 0.856. The number of benzene rings is 1. The van der Waals surface area contributed by atoms with Crippen molar-refractivity contribution in [1.82, 2.24) is 5.32 Å². The van der Waals surface area contributed by atoms with E-state index in [-0.39, 0.29) is 12.6 Å². The highest BCUT2D eigenvalue weighted by molar-refractivity contribution is 5.19. The van der Waals surface area contributed by atoms with E-state index in [1.807, 2.05) is 18.2 Å². The molecule has 3 unspecified atom stereocenters. The van der Waals surface area contributed by atoms with Crippen LogP contribution in [0.4, 0.5) is 0 Å². The lowest BCUT2D eigenvalue weighted by Gasteiger charge is -2.37. The van der Waals surface area contributed by atoms with Crippen molar-refractivity contribution in [1.29, 1.82) is 0 Å². The smallest absolute Gasteiger partial charge is 0.0626 e. The largest absolute Gasteiger partial charge is 0.394 e. The number of rotatable bonds is 4.